The van der Waals surface area contributed by atoms with Gasteiger partial charge in [-0.15, -0.1) is 0 Å². The lowest BCUT2D eigenvalue weighted by Crippen LogP contribution is -2.45. The minimum Gasteiger partial charge on any atom is -0.480 e. The number of aliphatic carboxylic acids is 1. The van der Waals surface area contributed by atoms with Crippen molar-refractivity contribution in [3.63, 3.8) is 0 Å². The van der Waals surface area contributed by atoms with Gasteiger partial charge in [0.2, 0.25) is 0 Å². The van der Waals surface area contributed by atoms with Gasteiger partial charge in [-0.2, -0.15) is 0 Å². The molecular weight excluding hydrogens is 308 g/mol. The number of carbonyl (C=O) groups is 2. The Morgan fingerprint density at radius 2 is 1.96 bits per heavy atom. The lowest BCUT2D eigenvalue weighted by atomic mass is 10.1. The molecule has 24 heavy (non-hydrogen) atoms. The monoisotopic (exact) mass is 334 g/mol. The Balaban J connectivity index is 2.06. The maximum absolute atomic E-state index is 12.6. The number of nitrogens with one attached hydrogen (secondary N) is 1. The van der Waals surface area contributed by atoms with E-state index in [-0.39, 0.29) is 6.04 Å². The van der Waals surface area contributed by atoms with Gasteiger partial charge in [0.05, 0.1) is 0 Å². The van der Waals surface area contributed by atoms with Gasteiger partial charge in [-0.3, -0.25) is 4.79 Å². The third-order valence-corrected chi connectivity index (χ3v) is 3.96. The van der Waals surface area contributed by atoms with Crippen LogP contribution in [0, 0.1) is 0 Å². The van der Waals surface area contributed by atoms with E-state index in [1.54, 1.807) is 4.90 Å². The lowest BCUT2D eigenvalue weighted by molar-refractivity contribution is -0.139. The SMILES string of the molecule is CC(C)(C)OC(=O)N(CCc1ccccc1)[C@H]1CN[C@H](C(=O)O)C1. The molecular formula is C18H26N2O4. The number of rotatable bonds is 5. The second kappa shape index (κ2) is 7.66. The molecule has 0 bridgehead atoms. The minimum atomic E-state index is -0.885. The first kappa shape index (κ1) is 18.3. The summed E-state index contributed by atoms with van der Waals surface area (Å²) in [5, 5.41) is 12.1. The number of benzene rings is 1. The number of amides is 1. The highest BCUT2D eigenvalue weighted by atomic mass is 16.6. The molecule has 2 N–H and O–H groups in total. The molecule has 0 unspecified atom stereocenters. The van der Waals surface area contributed by atoms with Crippen molar-refractivity contribution in [3.05, 3.63) is 35.9 Å². The highest BCUT2D eigenvalue weighted by Crippen LogP contribution is 2.19. The molecule has 132 valence electrons. The molecule has 0 saturated carbocycles. The molecule has 1 aliphatic rings. The number of nitrogens with zero attached hydrogens (tertiary/aromatic N) is 1. The zero-order valence-electron chi connectivity index (χ0n) is 14.5. The number of carboxylic acids is 1. The molecule has 2 atom stereocenters. The molecule has 1 aromatic carbocycles. The number of hydrogen-bond acceptors (Lipinski definition) is 4. The lowest BCUT2D eigenvalue weighted by Gasteiger charge is -2.31. The van der Waals surface area contributed by atoms with Crippen LogP contribution in [0.25, 0.3) is 0 Å². The second-order valence-electron chi connectivity index (χ2n) is 7.10. The third kappa shape index (κ3) is 5.23. The summed E-state index contributed by atoms with van der Waals surface area (Å²) in [6.45, 7) is 6.44. The normalized spacial score (nSPS) is 20.6. The zero-order valence-corrected chi connectivity index (χ0v) is 14.5. The van der Waals surface area contributed by atoms with Crippen LogP contribution in [0.3, 0.4) is 0 Å². The van der Waals surface area contributed by atoms with Gasteiger partial charge in [0, 0.05) is 19.1 Å². The highest BCUT2D eigenvalue weighted by molar-refractivity contribution is 5.74. The van der Waals surface area contributed by atoms with Crippen LogP contribution in [-0.4, -0.2) is 52.8 Å². The quantitative estimate of drug-likeness (QED) is 0.864. The minimum absolute atomic E-state index is 0.176. The molecule has 1 aromatic rings. The van der Waals surface area contributed by atoms with Crippen molar-refractivity contribution >= 4 is 12.1 Å². The predicted molar refractivity (Wildman–Crippen MR) is 90.9 cm³/mol. The van der Waals surface area contributed by atoms with E-state index in [1.807, 2.05) is 51.1 Å². The average Bonchev–Trinajstić information content (AvgIpc) is 2.96. The molecule has 0 spiro atoms. The van der Waals surface area contributed by atoms with Crippen LogP contribution in [0.15, 0.2) is 30.3 Å². The molecule has 1 amide bonds. The van der Waals surface area contributed by atoms with E-state index in [9.17, 15) is 9.59 Å². The van der Waals surface area contributed by atoms with Gasteiger partial charge in [-0.25, -0.2) is 4.79 Å². The first-order valence-electron chi connectivity index (χ1n) is 8.26. The molecule has 0 aromatic heterocycles. The Morgan fingerprint density at radius 3 is 2.50 bits per heavy atom. The van der Waals surface area contributed by atoms with E-state index in [0.29, 0.717) is 25.9 Å². The maximum Gasteiger partial charge on any atom is 0.410 e. The summed E-state index contributed by atoms with van der Waals surface area (Å²) in [6, 6.07) is 9.12. The van der Waals surface area contributed by atoms with Crippen molar-refractivity contribution in [2.24, 2.45) is 0 Å². The Morgan fingerprint density at radius 1 is 1.29 bits per heavy atom. The molecule has 6 nitrogen and oxygen atoms in total. The fraction of sp³-hybridized carbons (Fsp3) is 0.556. The van der Waals surface area contributed by atoms with Gasteiger partial charge in [-0.05, 0) is 39.2 Å². The van der Waals surface area contributed by atoms with Gasteiger partial charge in [-0.1, -0.05) is 30.3 Å². The summed E-state index contributed by atoms with van der Waals surface area (Å²) in [6.07, 6.45) is 0.703. The van der Waals surface area contributed by atoms with Crippen LogP contribution in [0.5, 0.6) is 0 Å². The number of carboxylic acid groups (broad SMARTS) is 1. The van der Waals surface area contributed by atoms with Crippen molar-refractivity contribution in [1.29, 1.82) is 0 Å². The molecule has 1 heterocycles. The number of carbonyl (C=O) groups excluding carboxylic acids is 1. The standard InChI is InChI=1S/C18H26N2O4/c1-18(2,3)24-17(23)20(10-9-13-7-5-4-6-8-13)14-11-15(16(21)22)19-12-14/h4-8,14-15,19H,9-12H2,1-3H3,(H,21,22)/t14-,15+/m1/s1. The summed E-state index contributed by atoms with van der Waals surface area (Å²) in [5.74, 6) is -0.885. The third-order valence-electron chi connectivity index (χ3n) is 3.96. The molecule has 0 radical (unpaired) electrons. The Labute approximate surface area is 142 Å². The summed E-state index contributed by atoms with van der Waals surface area (Å²) in [7, 11) is 0. The first-order chi connectivity index (χ1) is 11.3. The van der Waals surface area contributed by atoms with Gasteiger partial charge in [0.25, 0.3) is 0 Å². The molecule has 1 fully saturated rings. The molecule has 2 rings (SSSR count). The molecule has 0 aliphatic carbocycles. The molecule has 1 saturated heterocycles. The van der Waals surface area contributed by atoms with Crippen molar-refractivity contribution in [1.82, 2.24) is 10.2 Å². The highest BCUT2D eigenvalue weighted by Gasteiger charge is 2.36. The largest absolute Gasteiger partial charge is 0.480 e. The summed E-state index contributed by atoms with van der Waals surface area (Å²) < 4.78 is 5.51. The van der Waals surface area contributed by atoms with E-state index in [0.717, 1.165) is 5.56 Å². The Kier molecular flexibility index (Phi) is 5.83. The first-order valence-corrected chi connectivity index (χ1v) is 8.26. The van der Waals surface area contributed by atoms with E-state index in [2.05, 4.69) is 5.32 Å². The zero-order chi connectivity index (χ0) is 17.7. The molecule has 1 aliphatic heterocycles. The Bertz CT molecular complexity index is 568. The van der Waals surface area contributed by atoms with Crippen molar-refractivity contribution in [2.45, 2.75) is 51.3 Å². The van der Waals surface area contributed by atoms with Crippen LogP contribution in [-0.2, 0) is 16.0 Å². The summed E-state index contributed by atoms with van der Waals surface area (Å²) in [5.41, 5.74) is 0.548. The average molecular weight is 334 g/mol. The fourth-order valence-corrected chi connectivity index (χ4v) is 2.78. The summed E-state index contributed by atoms with van der Waals surface area (Å²) >= 11 is 0. The maximum atomic E-state index is 12.6. The van der Waals surface area contributed by atoms with Crippen molar-refractivity contribution in [3.8, 4) is 0 Å². The van der Waals surface area contributed by atoms with Crippen molar-refractivity contribution < 1.29 is 19.4 Å². The number of hydrogen-bond donors (Lipinski definition) is 2. The van der Waals surface area contributed by atoms with Crippen LogP contribution in [0.1, 0.15) is 32.8 Å². The predicted octanol–water partition coefficient (Wildman–Crippen LogP) is 2.28. The smallest absolute Gasteiger partial charge is 0.410 e. The summed E-state index contributed by atoms with van der Waals surface area (Å²) in [4.78, 5) is 25.4. The van der Waals surface area contributed by atoms with E-state index in [1.165, 1.54) is 0 Å². The van der Waals surface area contributed by atoms with Crippen LogP contribution >= 0.6 is 0 Å². The van der Waals surface area contributed by atoms with Gasteiger partial charge >= 0.3 is 12.1 Å². The van der Waals surface area contributed by atoms with E-state index < -0.39 is 23.7 Å². The Hall–Kier alpha value is -2.08. The topological polar surface area (TPSA) is 78.9 Å². The van der Waals surface area contributed by atoms with E-state index >= 15 is 0 Å². The van der Waals surface area contributed by atoms with Crippen LogP contribution < -0.4 is 5.32 Å². The fourth-order valence-electron chi connectivity index (χ4n) is 2.78. The van der Waals surface area contributed by atoms with Gasteiger partial charge in [0.1, 0.15) is 11.6 Å². The van der Waals surface area contributed by atoms with Gasteiger partial charge < -0.3 is 20.1 Å². The number of ether oxygens (including phenoxy) is 1. The van der Waals surface area contributed by atoms with Crippen molar-refractivity contribution in [2.75, 3.05) is 13.1 Å². The van der Waals surface area contributed by atoms with Crippen LogP contribution in [0.4, 0.5) is 4.79 Å². The van der Waals surface area contributed by atoms with E-state index in [4.69, 9.17) is 9.84 Å². The van der Waals surface area contributed by atoms with Gasteiger partial charge in [0.15, 0.2) is 0 Å². The second-order valence-corrected chi connectivity index (χ2v) is 7.10. The molecule has 6 heteroatoms. The van der Waals surface area contributed by atoms with Crippen LogP contribution in [0.2, 0.25) is 0 Å².